The van der Waals surface area contributed by atoms with Crippen LogP contribution in [0, 0.1) is 0 Å². The number of para-hydroxylation sites is 1. The highest BCUT2D eigenvalue weighted by Gasteiger charge is 2.38. The number of H-pyrrole nitrogens is 1. The average molecular weight is 229 g/mol. The van der Waals surface area contributed by atoms with Gasteiger partial charge in [0.15, 0.2) is 0 Å². The number of alkyl halides is 3. The van der Waals surface area contributed by atoms with Crippen molar-refractivity contribution >= 4 is 16.9 Å². The molecule has 0 saturated carbocycles. The lowest BCUT2D eigenvalue weighted by molar-refractivity contribution is -0.136. The van der Waals surface area contributed by atoms with Crippen LogP contribution >= 0.6 is 0 Å². The molecule has 0 bridgehead atoms. The molecule has 2 N–H and O–H groups in total. The second-order valence-corrected chi connectivity index (χ2v) is 3.22. The van der Waals surface area contributed by atoms with Gasteiger partial charge in [-0.25, -0.2) is 4.79 Å². The molecule has 0 unspecified atom stereocenters. The smallest absolute Gasteiger partial charge is 0.419 e. The molecular formula is C10H6F3NO2. The minimum Gasteiger partial charge on any atom is -0.477 e. The highest BCUT2D eigenvalue weighted by atomic mass is 19.4. The SMILES string of the molecule is O=C(O)c1[nH]c2ccccc2c1C(F)(F)F. The Balaban J connectivity index is 2.85. The van der Waals surface area contributed by atoms with Crippen LogP contribution in [0.1, 0.15) is 16.1 Å². The number of aromatic nitrogens is 1. The van der Waals surface area contributed by atoms with E-state index >= 15 is 0 Å². The second-order valence-electron chi connectivity index (χ2n) is 3.22. The predicted octanol–water partition coefficient (Wildman–Crippen LogP) is 2.88. The molecule has 1 aromatic carbocycles. The molecule has 0 spiro atoms. The fourth-order valence-electron chi connectivity index (χ4n) is 1.60. The van der Waals surface area contributed by atoms with Crippen LogP contribution in [-0.4, -0.2) is 16.1 Å². The molecule has 0 radical (unpaired) electrons. The van der Waals surface area contributed by atoms with E-state index in [1.165, 1.54) is 24.3 Å². The van der Waals surface area contributed by atoms with Crippen molar-refractivity contribution in [2.24, 2.45) is 0 Å². The number of hydrogen-bond acceptors (Lipinski definition) is 1. The van der Waals surface area contributed by atoms with E-state index in [9.17, 15) is 18.0 Å². The molecule has 6 heteroatoms. The molecule has 84 valence electrons. The molecule has 0 aliphatic rings. The van der Waals surface area contributed by atoms with Gasteiger partial charge in [0.25, 0.3) is 0 Å². The number of carboxylic acids is 1. The normalized spacial score (nSPS) is 11.9. The summed E-state index contributed by atoms with van der Waals surface area (Å²) < 4.78 is 38.1. The molecule has 16 heavy (non-hydrogen) atoms. The first kappa shape index (κ1) is 10.5. The number of aromatic carboxylic acids is 1. The van der Waals surface area contributed by atoms with Crippen LogP contribution < -0.4 is 0 Å². The monoisotopic (exact) mass is 229 g/mol. The van der Waals surface area contributed by atoms with Gasteiger partial charge in [0.1, 0.15) is 5.69 Å². The minimum atomic E-state index is -4.69. The summed E-state index contributed by atoms with van der Waals surface area (Å²) >= 11 is 0. The number of carbonyl (C=O) groups is 1. The average Bonchev–Trinajstić information content (AvgIpc) is 2.55. The third kappa shape index (κ3) is 1.52. The van der Waals surface area contributed by atoms with Crippen molar-refractivity contribution in [1.29, 1.82) is 0 Å². The van der Waals surface area contributed by atoms with E-state index in [0.29, 0.717) is 0 Å². The first-order valence-electron chi connectivity index (χ1n) is 4.32. The third-order valence-electron chi connectivity index (χ3n) is 2.20. The largest absolute Gasteiger partial charge is 0.477 e. The molecular weight excluding hydrogens is 223 g/mol. The minimum absolute atomic E-state index is 0.132. The number of nitrogens with one attached hydrogen (secondary N) is 1. The first-order valence-corrected chi connectivity index (χ1v) is 4.32. The summed E-state index contributed by atoms with van der Waals surface area (Å²) in [6.07, 6.45) is -4.69. The molecule has 1 aromatic heterocycles. The second kappa shape index (κ2) is 3.26. The Labute approximate surface area is 87.5 Å². The van der Waals surface area contributed by atoms with E-state index < -0.39 is 23.4 Å². The zero-order chi connectivity index (χ0) is 11.9. The van der Waals surface area contributed by atoms with Crippen LogP contribution in [0.5, 0.6) is 0 Å². The summed E-state index contributed by atoms with van der Waals surface area (Å²) in [4.78, 5) is 13.0. The van der Waals surface area contributed by atoms with E-state index in [4.69, 9.17) is 5.11 Å². The van der Waals surface area contributed by atoms with Crippen LogP contribution in [0.15, 0.2) is 24.3 Å². The highest BCUT2D eigenvalue weighted by Crippen LogP contribution is 2.37. The number of rotatable bonds is 1. The summed E-state index contributed by atoms with van der Waals surface area (Å²) in [5, 5.41) is 8.57. The van der Waals surface area contributed by atoms with Gasteiger partial charge in [-0.1, -0.05) is 18.2 Å². The number of carboxylic acid groups (broad SMARTS) is 1. The van der Waals surface area contributed by atoms with E-state index in [-0.39, 0.29) is 10.9 Å². The Kier molecular flexibility index (Phi) is 2.15. The summed E-state index contributed by atoms with van der Waals surface area (Å²) in [5.41, 5.74) is -1.79. The maximum Gasteiger partial charge on any atom is 0.419 e. The molecule has 0 aliphatic carbocycles. The lowest BCUT2D eigenvalue weighted by atomic mass is 10.1. The van der Waals surface area contributed by atoms with Crippen molar-refractivity contribution in [3.8, 4) is 0 Å². The zero-order valence-electron chi connectivity index (χ0n) is 7.80. The van der Waals surface area contributed by atoms with Gasteiger partial charge in [0, 0.05) is 10.9 Å². The van der Waals surface area contributed by atoms with Crippen molar-refractivity contribution in [2.75, 3.05) is 0 Å². The van der Waals surface area contributed by atoms with Crippen LogP contribution in [0.25, 0.3) is 10.9 Å². The van der Waals surface area contributed by atoms with Gasteiger partial charge in [-0.05, 0) is 6.07 Å². The van der Waals surface area contributed by atoms with Gasteiger partial charge < -0.3 is 10.1 Å². The van der Waals surface area contributed by atoms with Gasteiger partial charge in [-0.3, -0.25) is 0 Å². The van der Waals surface area contributed by atoms with Crippen LogP contribution in [0.2, 0.25) is 0 Å². The van der Waals surface area contributed by atoms with Gasteiger partial charge in [-0.15, -0.1) is 0 Å². The lowest BCUT2D eigenvalue weighted by Crippen LogP contribution is -2.11. The number of hydrogen-bond donors (Lipinski definition) is 2. The highest BCUT2D eigenvalue weighted by molar-refractivity contribution is 5.97. The topological polar surface area (TPSA) is 53.1 Å². The summed E-state index contributed by atoms with van der Waals surface area (Å²) in [5.74, 6) is -1.62. The van der Waals surface area contributed by atoms with Gasteiger partial charge in [0.2, 0.25) is 0 Å². The van der Waals surface area contributed by atoms with Crippen LogP contribution in [-0.2, 0) is 6.18 Å². The van der Waals surface area contributed by atoms with Gasteiger partial charge in [0.05, 0.1) is 5.56 Å². The zero-order valence-corrected chi connectivity index (χ0v) is 7.80. The maximum absolute atomic E-state index is 12.7. The number of aromatic amines is 1. The molecule has 1 heterocycles. The van der Waals surface area contributed by atoms with Gasteiger partial charge >= 0.3 is 12.1 Å². The first-order chi connectivity index (χ1) is 7.41. The van der Waals surface area contributed by atoms with E-state index in [2.05, 4.69) is 4.98 Å². The van der Waals surface area contributed by atoms with Gasteiger partial charge in [-0.2, -0.15) is 13.2 Å². The van der Waals surface area contributed by atoms with E-state index in [1.54, 1.807) is 0 Å². The summed E-state index contributed by atoms with van der Waals surface area (Å²) in [7, 11) is 0. The van der Waals surface area contributed by atoms with E-state index in [0.717, 1.165) is 0 Å². The summed E-state index contributed by atoms with van der Waals surface area (Å²) in [6, 6.07) is 5.60. The van der Waals surface area contributed by atoms with Crippen molar-refractivity contribution < 1.29 is 23.1 Å². The molecule has 2 aromatic rings. The quantitative estimate of drug-likeness (QED) is 0.789. The fraction of sp³-hybridized carbons (Fsp3) is 0.100. The predicted molar refractivity (Wildman–Crippen MR) is 50.3 cm³/mol. The van der Waals surface area contributed by atoms with Crippen molar-refractivity contribution in [3.63, 3.8) is 0 Å². The molecule has 0 fully saturated rings. The lowest BCUT2D eigenvalue weighted by Gasteiger charge is -2.05. The third-order valence-corrected chi connectivity index (χ3v) is 2.20. The standard InChI is InChI=1S/C10H6F3NO2/c11-10(12,13)7-5-3-1-2-4-6(5)14-8(7)9(15)16/h1-4,14H,(H,15,16). The van der Waals surface area contributed by atoms with Crippen LogP contribution in [0.4, 0.5) is 13.2 Å². The van der Waals surface area contributed by atoms with Crippen molar-refractivity contribution in [1.82, 2.24) is 4.98 Å². The molecule has 2 rings (SSSR count). The Morgan fingerprint density at radius 3 is 2.44 bits per heavy atom. The molecule has 3 nitrogen and oxygen atoms in total. The Hall–Kier alpha value is -1.98. The molecule has 0 saturated heterocycles. The molecule has 0 aliphatic heterocycles. The molecule has 0 amide bonds. The Morgan fingerprint density at radius 2 is 1.88 bits per heavy atom. The van der Waals surface area contributed by atoms with Crippen LogP contribution in [0.3, 0.4) is 0 Å². The number of fused-ring (bicyclic) bond motifs is 1. The van der Waals surface area contributed by atoms with Crippen molar-refractivity contribution in [2.45, 2.75) is 6.18 Å². The number of benzene rings is 1. The Morgan fingerprint density at radius 1 is 1.25 bits per heavy atom. The maximum atomic E-state index is 12.7. The van der Waals surface area contributed by atoms with Crippen molar-refractivity contribution in [3.05, 3.63) is 35.5 Å². The number of halogens is 3. The Bertz CT molecular complexity index is 557. The fourth-order valence-corrected chi connectivity index (χ4v) is 1.60. The summed E-state index contributed by atoms with van der Waals surface area (Å²) in [6.45, 7) is 0. The molecule has 0 atom stereocenters. The van der Waals surface area contributed by atoms with E-state index in [1.807, 2.05) is 0 Å².